The van der Waals surface area contributed by atoms with Gasteiger partial charge in [0.15, 0.2) is 0 Å². The van der Waals surface area contributed by atoms with Crippen LogP contribution in [0.2, 0.25) is 0 Å². The summed E-state index contributed by atoms with van der Waals surface area (Å²) in [4.78, 5) is 20.8. The molecule has 0 amide bonds. The van der Waals surface area contributed by atoms with Crippen molar-refractivity contribution in [2.24, 2.45) is 5.29 Å². The molecule has 0 fully saturated rings. The van der Waals surface area contributed by atoms with Crippen LogP contribution in [0.1, 0.15) is 12.0 Å². The SMILES string of the molecule is O=NN1c2ccccc2CCC1[N+](=O)[O-]. The largest absolute Gasteiger partial charge is 0.308 e. The normalized spacial score (nSPS) is 19.5. The van der Waals surface area contributed by atoms with Crippen molar-refractivity contribution in [3.8, 4) is 0 Å². The summed E-state index contributed by atoms with van der Waals surface area (Å²) >= 11 is 0. The molecule has 15 heavy (non-hydrogen) atoms. The zero-order chi connectivity index (χ0) is 10.8. The van der Waals surface area contributed by atoms with Crippen LogP contribution in [0.5, 0.6) is 0 Å². The van der Waals surface area contributed by atoms with E-state index in [-0.39, 0.29) is 0 Å². The monoisotopic (exact) mass is 207 g/mol. The van der Waals surface area contributed by atoms with Gasteiger partial charge in [-0.1, -0.05) is 18.2 Å². The van der Waals surface area contributed by atoms with Crippen molar-refractivity contribution in [1.29, 1.82) is 0 Å². The number of aryl methyl sites for hydroxylation is 1. The van der Waals surface area contributed by atoms with E-state index in [1.807, 2.05) is 12.1 Å². The van der Waals surface area contributed by atoms with Crippen LogP contribution in [0.25, 0.3) is 0 Å². The Hall–Kier alpha value is -1.98. The molecule has 78 valence electrons. The first-order chi connectivity index (χ1) is 7.24. The van der Waals surface area contributed by atoms with Crippen molar-refractivity contribution in [3.63, 3.8) is 0 Å². The van der Waals surface area contributed by atoms with Gasteiger partial charge in [0, 0.05) is 11.3 Å². The third-order valence-electron chi connectivity index (χ3n) is 2.52. The van der Waals surface area contributed by atoms with E-state index >= 15 is 0 Å². The number of hydrogen-bond acceptors (Lipinski definition) is 4. The maximum atomic E-state index is 10.7. The maximum Gasteiger partial charge on any atom is 0.308 e. The number of hydrogen-bond donors (Lipinski definition) is 0. The van der Waals surface area contributed by atoms with Crippen LogP contribution in [0.15, 0.2) is 29.6 Å². The number of rotatable bonds is 2. The summed E-state index contributed by atoms with van der Waals surface area (Å²) in [5.74, 6) is 0. The Balaban J connectivity index is 2.43. The summed E-state index contributed by atoms with van der Waals surface area (Å²) in [6.45, 7) is 0. The fourth-order valence-electron chi connectivity index (χ4n) is 1.81. The molecule has 6 heteroatoms. The van der Waals surface area contributed by atoms with E-state index in [0.717, 1.165) is 10.6 Å². The maximum absolute atomic E-state index is 10.7. The van der Waals surface area contributed by atoms with Crippen LogP contribution in [0.3, 0.4) is 0 Å². The first kappa shape index (κ1) is 9.57. The van der Waals surface area contributed by atoms with E-state index in [4.69, 9.17) is 0 Å². The quantitative estimate of drug-likeness (QED) is 0.420. The highest BCUT2D eigenvalue weighted by Crippen LogP contribution is 2.30. The van der Waals surface area contributed by atoms with E-state index in [9.17, 15) is 15.0 Å². The van der Waals surface area contributed by atoms with Crippen LogP contribution < -0.4 is 5.01 Å². The molecule has 6 nitrogen and oxygen atoms in total. The van der Waals surface area contributed by atoms with Gasteiger partial charge in [0.2, 0.25) is 0 Å². The summed E-state index contributed by atoms with van der Waals surface area (Å²) in [5, 5.41) is 14.4. The van der Waals surface area contributed by atoms with E-state index in [1.165, 1.54) is 0 Å². The molecule has 1 heterocycles. The molecule has 0 N–H and O–H groups in total. The second kappa shape index (κ2) is 3.64. The molecule has 1 aromatic carbocycles. The molecule has 0 aliphatic carbocycles. The summed E-state index contributed by atoms with van der Waals surface area (Å²) < 4.78 is 0. The van der Waals surface area contributed by atoms with Crippen molar-refractivity contribution in [2.45, 2.75) is 19.0 Å². The van der Waals surface area contributed by atoms with Crippen LogP contribution in [0, 0.1) is 15.0 Å². The predicted octanol–water partition coefficient (Wildman–Crippen LogP) is 1.72. The van der Waals surface area contributed by atoms with Crippen LogP contribution >= 0.6 is 0 Å². The van der Waals surface area contributed by atoms with Gasteiger partial charge in [0.05, 0.1) is 11.0 Å². The molecule has 1 aromatic rings. The average Bonchev–Trinajstić information content (AvgIpc) is 2.27. The molecule has 0 radical (unpaired) electrons. The van der Waals surface area contributed by atoms with Crippen molar-refractivity contribution in [1.82, 2.24) is 0 Å². The van der Waals surface area contributed by atoms with Crippen LogP contribution in [-0.4, -0.2) is 11.1 Å². The van der Waals surface area contributed by atoms with Gasteiger partial charge in [-0.25, -0.2) is 0 Å². The first-order valence-corrected chi connectivity index (χ1v) is 4.58. The number of nitro groups is 1. The van der Waals surface area contributed by atoms with E-state index in [1.54, 1.807) is 12.1 Å². The molecular formula is C9H9N3O3. The Labute approximate surface area is 85.6 Å². The van der Waals surface area contributed by atoms with Crippen molar-refractivity contribution < 1.29 is 4.92 Å². The van der Waals surface area contributed by atoms with Gasteiger partial charge in [-0.15, -0.1) is 4.91 Å². The van der Waals surface area contributed by atoms with Gasteiger partial charge in [0.1, 0.15) is 0 Å². The Bertz CT molecular complexity index is 407. The molecule has 0 bridgehead atoms. The number of nitroso groups, excluding NO2 is 1. The highest BCUT2D eigenvalue weighted by atomic mass is 16.6. The topological polar surface area (TPSA) is 75.8 Å². The van der Waals surface area contributed by atoms with Crippen molar-refractivity contribution in [3.05, 3.63) is 44.9 Å². The van der Waals surface area contributed by atoms with Gasteiger partial charge >= 0.3 is 6.17 Å². The van der Waals surface area contributed by atoms with Crippen molar-refractivity contribution >= 4 is 5.69 Å². The number of anilines is 1. The lowest BCUT2D eigenvalue weighted by Crippen LogP contribution is -2.40. The molecule has 2 rings (SSSR count). The summed E-state index contributed by atoms with van der Waals surface area (Å²) in [5.41, 5.74) is 1.47. The molecule has 1 atom stereocenters. The molecule has 0 aromatic heterocycles. The van der Waals surface area contributed by atoms with Gasteiger partial charge in [-0.05, 0) is 18.1 Å². The molecule has 0 saturated carbocycles. The molecule has 1 aliphatic rings. The zero-order valence-electron chi connectivity index (χ0n) is 7.87. The van der Waals surface area contributed by atoms with E-state index in [2.05, 4.69) is 5.29 Å². The van der Waals surface area contributed by atoms with Gasteiger partial charge in [-0.3, -0.25) is 10.1 Å². The molecule has 0 saturated heterocycles. The Morgan fingerprint density at radius 2 is 2.20 bits per heavy atom. The Kier molecular flexibility index (Phi) is 2.32. The highest BCUT2D eigenvalue weighted by Gasteiger charge is 2.35. The standard InChI is InChI=1S/C9H9N3O3/c13-10-11-8-4-2-1-3-7(8)5-6-9(11)12(14)15/h1-4,9H,5-6H2. The van der Waals surface area contributed by atoms with Crippen LogP contribution in [0.4, 0.5) is 5.69 Å². The van der Waals surface area contributed by atoms with Gasteiger partial charge in [0.25, 0.3) is 0 Å². The molecular weight excluding hydrogens is 198 g/mol. The number of fused-ring (bicyclic) bond motifs is 1. The second-order valence-electron chi connectivity index (χ2n) is 3.36. The summed E-state index contributed by atoms with van der Waals surface area (Å²) in [6.07, 6.45) is -0.110. The number of benzene rings is 1. The lowest BCUT2D eigenvalue weighted by molar-refractivity contribution is -0.523. The number of nitrogens with zero attached hydrogens (tertiary/aromatic N) is 3. The van der Waals surface area contributed by atoms with Gasteiger partial charge in [-0.2, -0.15) is 5.01 Å². The zero-order valence-corrected chi connectivity index (χ0v) is 7.87. The fraction of sp³-hybridized carbons (Fsp3) is 0.333. The summed E-state index contributed by atoms with van der Waals surface area (Å²) in [7, 11) is 0. The first-order valence-electron chi connectivity index (χ1n) is 4.58. The lowest BCUT2D eigenvalue weighted by atomic mass is 10.0. The lowest BCUT2D eigenvalue weighted by Gasteiger charge is -2.26. The number of para-hydroxylation sites is 1. The van der Waals surface area contributed by atoms with Crippen molar-refractivity contribution in [2.75, 3.05) is 5.01 Å². The smallest absolute Gasteiger partial charge is 0.262 e. The summed E-state index contributed by atoms with van der Waals surface area (Å²) in [6, 6.07) is 7.10. The minimum atomic E-state index is -1.03. The second-order valence-corrected chi connectivity index (χ2v) is 3.36. The molecule has 0 spiro atoms. The highest BCUT2D eigenvalue weighted by molar-refractivity contribution is 5.55. The average molecular weight is 207 g/mol. The minimum Gasteiger partial charge on any atom is -0.262 e. The van der Waals surface area contributed by atoms with E-state index < -0.39 is 11.1 Å². The molecule has 1 aliphatic heterocycles. The predicted molar refractivity (Wildman–Crippen MR) is 53.8 cm³/mol. The van der Waals surface area contributed by atoms with E-state index in [0.29, 0.717) is 18.5 Å². The van der Waals surface area contributed by atoms with Gasteiger partial charge < -0.3 is 0 Å². The third-order valence-corrected chi connectivity index (χ3v) is 2.52. The minimum absolute atomic E-state index is 0.315. The Morgan fingerprint density at radius 3 is 2.87 bits per heavy atom. The van der Waals surface area contributed by atoms with Crippen LogP contribution in [-0.2, 0) is 6.42 Å². The third kappa shape index (κ3) is 1.54. The molecule has 1 unspecified atom stereocenters. The fourth-order valence-corrected chi connectivity index (χ4v) is 1.81. The Morgan fingerprint density at radius 1 is 1.47 bits per heavy atom.